The summed E-state index contributed by atoms with van der Waals surface area (Å²) in [5, 5.41) is 0. The van der Waals surface area contributed by atoms with E-state index in [1.807, 2.05) is 0 Å². The van der Waals surface area contributed by atoms with Crippen LogP contribution in [0.3, 0.4) is 0 Å². The first kappa shape index (κ1) is 12.3. The highest BCUT2D eigenvalue weighted by Crippen LogP contribution is 2.30. The van der Waals surface area contributed by atoms with Crippen LogP contribution in [0.4, 0.5) is 0 Å². The van der Waals surface area contributed by atoms with E-state index in [0.29, 0.717) is 6.04 Å². The van der Waals surface area contributed by atoms with Gasteiger partial charge in [-0.2, -0.15) is 0 Å². The zero-order valence-corrected chi connectivity index (χ0v) is 10.7. The summed E-state index contributed by atoms with van der Waals surface area (Å²) in [6, 6.07) is 0.643. The van der Waals surface area contributed by atoms with Crippen molar-refractivity contribution in [2.24, 2.45) is 5.92 Å². The van der Waals surface area contributed by atoms with E-state index in [4.69, 9.17) is 9.47 Å². The molecular formula is C13H25NO2. The summed E-state index contributed by atoms with van der Waals surface area (Å²) in [4.78, 5) is 2.57. The van der Waals surface area contributed by atoms with E-state index in [9.17, 15) is 0 Å². The summed E-state index contributed by atoms with van der Waals surface area (Å²) in [5.74, 6) is 0.968. The van der Waals surface area contributed by atoms with Gasteiger partial charge in [-0.05, 0) is 39.0 Å². The molecule has 2 aliphatic rings. The molecule has 0 N–H and O–H groups in total. The second kappa shape index (κ2) is 5.99. The quantitative estimate of drug-likeness (QED) is 0.695. The Hall–Kier alpha value is -0.120. The summed E-state index contributed by atoms with van der Waals surface area (Å²) in [5.41, 5.74) is 0. The molecule has 16 heavy (non-hydrogen) atoms. The van der Waals surface area contributed by atoms with Gasteiger partial charge in [0.05, 0.1) is 13.2 Å². The monoisotopic (exact) mass is 227 g/mol. The summed E-state index contributed by atoms with van der Waals surface area (Å²) in [6.45, 7) is 8.68. The molecular weight excluding hydrogens is 202 g/mol. The van der Waals surface area contributed by atoms with Crippen LogP contribution in [0.25, 0.3) is 0 Å². The van der Waals surface area contributed by atoms with Crippen LogP contribution in [0.5, 0.6) is 0 Å². The molecule has 0 amide bonds. The van der Waals surface area contributed by atoms with Crippen LogP contribution in [0.15, 0.2) is 0 Å². The van der Waals surface area contributed by atoms with Gasteiger partial charge in [0.25, 0.3) is 0 Å². The van der Waals surface area contributed by atoms with E-state index in [1.54, 1.807) is 0 Å². The van der Waals surface area contributed by atoms with Gasteiger partial charge < -0.3 is 14.4 Å². The molecule has 0 atom stereocenters. The van der Waals surface area contributed by atoms with E-state index >= 15 is 0 Å². The minimum atomic E-state index is 0.0502. The van der Waals surface area contributed by atoms with Gasteiger partial charge in [-0.25, -0.2) is 0 Å². The highest BCUT2D eigenvalue weighted by molar-refractivity contribution is 4.78. The lowest BCUT2D eigenvalue weighted by Gasteiger charge is -2.29. The predicted octanol–water partition coefficient (Wildman–Crippen LogP) is 2.26. The van der Waals surface area contributed by atoms with Crippen LogP contribution in [0.2, 0.25) is 0 Å². The molecule has 94 valence electrons. The fraction of sp³-hybridized carbons (Fsp3) is 1.00. The highest BCUT2D eigenvalue weighted by Gasteiger charge is 2.26. The van der Waals surface area contributed by atoms with E-state index in [1.165, 1.54) is 19.4 Å². The Kier molecular flexibility index (Phi) is 4.62. The van der Waals surface area contributed by atoms with Gasteiger partial charge in [0.2, 0.25) is 0 Å². The fourth-order valence-corrected chi connectivity index (χ4v) is 2.17. The van der Waals surface area contributed by atoms with Crippen LogP contribution in [0.1, 0.15) is 39.5 Å². The topological polar surface area (TPSA) is 21.7 Å². The third kappa shape index (κ3) is 4.04. The van der Waals surface area contributed by atoms with E-state index < -0.39 is 0 Å². The molecule has 0 spiro atoms. The van der Waals surface area contributed by atoms with Gasteiger partial charge in [-0.1, -0.05) is 0 Å². The number of rotatable bonds is 6. The average Bonchev–Trinajstić information content (AvgIpc) is 3.09. The fourth-order valence-electron chi connectivity index (χ4n) is 2.17. The van der Waals surface area contributed by atoms with Crippen molar-refractivity contribution in [1.29, 1.82) is 0 Å². The second-order valence-electron chi connectivity index (χ2n) is 5.35. The Bertz CT molecular complexity index is 198. The maximum atomic E-state index is 5.58. The minimum absolute atomic E-state index is 0.0502. The maximum Gasteiger partial charge on any atom is 0.158 e. The van der Waals surface area contributed by atoms with Gasteiger partial charge >= 0.3 is 0 Å². The average molecular weight is 227 g/mol. The Morgan fingerprint density at radius 1 is 1.19 bits per heavy atom. The van der Waals surface area contributed by atoms with Crippen LogP contribution < -0.4 is 0 Å². The molecule has 0 bridgehead atoms. The third-order valence-electron chi connectivity index (χ3n) is 3.47. The standard InChI is InChI=1S/C13H25NO2/c1-11(2)14(10-12-4-5-12)7-6-13-15-8-3-9-16-13/h11-13H,3-10H2,1-2H3. The van der Waals surface area contributed by atoms with Crippen molar-refractivity contribution in [3.8, 4) is 0 Å². The van der Waals surface area contributed by atoms with Gasteiger partial charge in [0, 0.05) is 25.6 Å². The molecule has 0 aromatic heterocycles. The van der Waals surface area contributed by atoms with Crippen molar-refractivity contribution in [1.82, 2.24) is 4.90 Å². The summed E-state index contributed by atoms with van der Waals surface area (Å²) in [6.07, 6.45) is 4.98. The van der Waals surface area contributed by atoms with E-state index in [0.717, 1.165) is 38.5 Å². The van der Waals surface area contributed by atoms with Gasteiger partial charge in [0.15, 0.2) is 6.29 Å². The van der Waals surface area contributed by atoms with E-state index in [-0.39, 0.29) is 6.29 Å². The first-order valence-electron chi connectivity index (χ1n) is 6.73. The number of ether oxygens (including phenoxy) is 2. The number of hydrogen-bond acceptors (Lipinski definition) is 3. The molecule has 0 aromatic rings. The maximum absolute atomic E-state index is 5.58. The summed E-state index contributed by atoms with van der Waals surface area (Å²) in [7, 11) is 0. The molecule has 1 aliphatic carbocycles. The lowest BCUT2D eigenvalue weighted by molar-refractivity contribution is -0.183. The molecule has 3 nitrogen and oxygen atoms in total. The lowest BCUT2D eigenvalue weighted by Crippen LogP contribution is -2.37. The van der Waals surface area contributed by atoms with Crippen molar-refractivity contribution in [2.45, 2.75) is 51.9 Å². The number of hydrogen-bond donors (Lipinski definition) is 0. The predicted molar refractivity (Wildman–Crippen MR) is 64.4 cm³/mol. The van der Waals surface area contributed by atoms with Crippen molar-refractivity contribution < 1.29 is 9.47 Å². The van der Waals surface area contributed by atoms with Crippen LogP contribution >= 0.6 is 0 Å². The molecule has 3 heteroatoms. The summed E-state index contributed by atoms with van der Waals surface area (Å²) >= 11 is 0. The van der Waals surface area contributed by atoms with Crippen molar-refractivity contribution in [2.75, 3.05) is 26.3 Å². The molecule has 2 rings (SSSR count). The first-order valence-corrected chi connectivity index (χ1v) is 6.73. The summed E-state index contributed by atoms with van der Waals surface area (Å²) < 4.78 is 11.2. The van der Waals surface area contributed by atoms with Gasteiger partial charge in [0.1, 0.15) is 0 Å². The molecule has 2 fully saturated rings. The smallest absolute Gasteiger partial charge is 0.158 e. The lowest BCUT2D eigenvalue weighted by atomic mass is 10.2. The van der Waals surface area contributed by atoms with E-state index in [2.05, 4.69) is 18.7 Å². The van der Waals surface area contributed by atoms with Gasteiger partial charge in [-0.15, -0.1) is 0 Å². The zero-order valence-electron chi connectivity index (χ0n) is 10.7. The van der Waals surface area contributed by atoms with Crippen molar-refractivity contribution >= 4 is 0 Å². The molecule has 1 saturated heterocycles. The third-order valence-corrected chi connectivity index (χ3v) is 3.47. The minimum Gasteiger partial charge on any atom is -0.353 e. The molecule has 1 aliphatic heterocycles. The van der Waals surface area contributed by atoms with Crippen LogP contribution in [-0.4, -0.2) is 43.5 Å². The zero-order chi connectivity index (χ0) is 11.4. The molecule has 1 heterocycles. The Labute approximate surface area is 99.1 Å². The highest BCUT2D eigenvalue weighted by atomic mass is 16.7. The van der Waals surface area contributed by atoms with Gasteiger partial charge in [-0.3, -0.25) is 0 Å². The Balaban J connectivity index is 1.67. The Morgan fingerprint density at radius 2 is 1.88 bits per heavy atom. The van der Waals surface area contributed by atoms with Crippen molar-refractivity contribution in [3.63, 3.8) is 0 Å². The largest absolute Gasteiger partial charge is 0.353 e. The Morgan fingerprint density at radius 3 is 2.44 bits per heavy atom. The molecule has 0 unspecified atom stereocenters. The first-order chi connectivity index (χ1) is 7.75. The van der Waals surface area contributed by atoms with Crippen LogP contribution in [-0.2, 0) is 9.47 Å². The van der Waals surface area contributed by atoms with Crippen LogP contribution in [0, 0.1) is 5.92 Å². The molecule has 1 saturated carbocycles. The number of nitrogens with zero attached hydrogens (tertiary/aromatic N) is 1. The second-order valence-corrected chi connectivity index (χ2v) is 5.35. The SMILES string of the molecule is CC(C)N(CCC1OCCCO1)CC1CC1. The molecule has 0 radical (unpaired) electrons. The van der Waals surface area contributed by atoms with Crippen molar-refractivity contribution in [3.05, 3.63) is 0 Å². The normalized spacial score (nSPS) is 23.2. The molecule has 0 aromatic carbocycles.